The van der Waals surface area contributed by atoms with E-state index in [9.17, 15) is 0 Å². The SMILES string of the molecule is Cc1cc(C)c2sc3c(C)ccc(C)c3c2c1. The van der Waals surface area contributed by atoms with Crippen molar-refractivity contribution >= 4 is 31.5 Å². The lowest BCUT2D eigenvalue weighted by atomic mass is 10.0. The Morgan fingerprint density at radius 2 is 1.47 bits per heavy atom. The molecule has 86 valence electrons. The summed E-state index contributed by atoms with van der Waals surface area (Å²) in [5.74, 6) is 0. The van der Waals surface area contributed by atoms with E-state index in [0.29, 0.717) is 0 Å². The normalized spacial score (nSPS) is 11.5. The van der Waals surface area contributed by atoms with Gasteiger partial charge in [-0.3, -0.25) is 0 Å². The maximum Gasteiger partial charge on any atom is 0.0387 e. The van der Waals surface area contributed by atoms with Gasteiger partial charge in [0.05, 0.1) is 0 Å². The Labute approximate surface area is 106 Å². The van der Waals surface area contributed by atoms with E-state index in [4.69, 9.17) is 0 Å². The van der Waals surface area contributed by atoms with Gasteiger partial charge in [0.25, 0.3) is 0 Å². The largest absolute Gasteiger partial charge is 0.135 e. The molecule has 0 aliphatic rings. The van der Waals surface area contributed by atoms with Crippen LogP contribution >= 0.6 is 11.3 Å². The summed E-state index contributed by atoms with van der Waals surface area (Å²) in [5, 5.41) is 2.89. The number of fused-ring (bicyclic) bond motifs is 3. The Morgan fingerprint density at radius 3 is 2.24 bits per heavy atom. The molecule has 0 aliphatic carbocycles. The van der Waals surface area contributed by atoms with Crippen LogP contribution in [0.2, 0.25) is 0 Å². The van der Waals surface area contributed by atoms with E-state index < -0.39 is 0 Å². The van der Waals surface area contributed by atoms with Crippen molar-refractivity contribution in [3.05, 3.63) is 46.5 Å². The Hall–Kier alpha value is -1.34. The van der Waals surface area contributed by atoms with Crippen LogP contribution < -0.4 is 0 Å². The summed E-state index contributed by atoms with van der Waals surface area (Å²) >= 11 is 1.94. The van der Waals surface area contributed by atoms with E-state index in [2.05, 4.69) is 52.0 Å². The first kappa shape index (κ1) is 10.8. The highest BCUT2D eigenvalue weighted by Crippen LogP contribution is 2.39. The minimum Gasteiger partial charge on any atom is -0.135 e. The third-order valence-electron chi connectivity index (χ3n) is 3.46. The summed E-state index contributed by atoms with van der Waals surface area (Å²) in [6.45, 7) is 8.82. The van der Waals surface area contributed by atoms with Crippen molar-refractivity contribution in [3.8, 4) is 0 Å². The van der Waals surface area contributed by atoms with E-state index in [0.717, 1.165) is 0 Å². The maximum absolute atomic E-state index is 2.33. The molecule has 1 heteroatoms. The molecule has 3 aromatic rings. The number of benzene rings is 2. The Morgan fingerprint density at radius 1 is 0.765 bits per heavy atom. The summed E-state index contributed by atoms with van der Waals surface area (Å²) in [6, 6.07) is 9.08. The highest BCUT2D eigenvalue weighted by Gasteiger charge is 2.11. The Kier molecular flexibility index (Phi) is 2.27. The first-order valence-electron chi connectivity index (χ1n) is 5.97. The molecule has 17 heavy (non-hydrogen) atoms. The molecule has 0 fully saturated rings. The molecule has 0 spiro atoms. The molecule has 0 N–H and O–H groups in total. The fraction of sp³-hybridized carbons (Fsp3) is 0.250. The van der Waals surface area contributed by atoms with Crippen LogP contribution in [-0.2, 0) is 0 Å². The number of thiophene rings is 1. The van der Waals surface area contributed by atoms with Crippen molar-refractivity contribution in [1.29, 1.82) is 0 Å². The molecule has 0 unspecified atom stereocenters. The second-order valence-corrected chi connectivity index (χ2v) is 5.98. The molecule has 0 atom stereocenters. The summed E-state index contributed by atoms with van der Waals surface area (Å²) in [6.07, 6.45) is 0. The maximum atomic E-state index is 2.33. The zero-order chi connectivity index (χ0) is 12.2. The van der Waals surface area contributed by atoms with Gasteiger partial charge in [0.1, 0.15) is 0 Å². The Balaban J connectivity index is 2.65. The monoisotopic (exact) mass is 240 g/mol. The average molecular weight is 240 g/mol. The molecule has 0 nitrogen and oxygen atoms in total. The van der Waals surface area contributed by atoms with Crippen LogP contribution in [0.1, 0.15) is 22.3 Å². The van der Waals surface area contributed by atoms with Crippen molar-refractivity contribution in [2.75, 3.05) is 0 Å². The summed E-state index contributed by atoms with van der Waals surface area (Å²) in [4.78, 5) is 0. The molecule has 0 radical (unpaired) electrons. The standard InChI is InChI=1S/C16H16S/c1-9-7-12(4)15-13(8-9)14-10(2)5-6-11(3)16(14)17-15/h5-8H,1-4H3. The van der Waals surface area contributed by atoms with Gasteiger partial charge in [-0.25, -0.2) is 0 Å². The lowest BCUT2D eigenvalue weighted by Gasteiger charge is -2.01. The van der Waals surface area contributed by atoms with Gasteiger partial charge in [0.2, 0.25) is 0 Å². The van der Waals surface area contributed by atoms with E-state index in [-0.39, 0.29) is 0 Å². The third-order valence-corrected chi connectivity index (χ3v) is 4.93. The van der Waals surface area contributed by atoms with Gasteiger partial charge >= 0.3 is 0 Å². The molecule has 0 aliphatic heterocycles. The van der Waals surface area contributed by atoms with Crippen LogP contribution in [0.25, 0.3) is 20.2 Å². The van der Waals surface area contributed by atoms with Crippen LogP contribution in [0.5, 0.6) is 0 Å². The van der Waals surface area contributed by atoms with Gasteiger partial charge in [0, 0.05) is 20.2 Å². The van der Waals surface area contributed by atoms with E-state index >= 15 is 0 Å². The smallest absolute Gasteiger partial charge is 0.0387 e. The average Bonchev–Trinajstić information content (AvgIpc) is 2.64. The van der Waals surface area contributed by atoms with Crippen LogP contribution in [0.4, 0.5) is 0 Å². The van der Waals surface area contributed by atoms with E-state index in [1.165, 1.54) is 42.4 Å². The predicted octanol–water partition coefficient (Wildman–Crippen LogP) is 5.29. The van der Waals surface area contributed by atoms with Crippen molar-refractivity contribution < 1.29 is 0 Å². The van der Waals surface area contributed by atoms with Gasteiger partial charge in [-0.2, -0.15) is 0 Å². The van der Waals surface area contributed by atoms with E-state index in [1.807, 2.05) is 11.3 Å². The molecule has 0 saturated carbocycles. The zero-order valence-corrected chi connectivity index (χ0v) is 11.5. The lowest BCUT2D eigenvalue weighted by molar-refractivity contribution is 1.44. The highest BCUT2D eigenvalue weighted by atomic mass is 32.1. The van der Waals surface area contributed by atoms with Crippen molar-refractivity contribution in [1.82, 2.24) is 0 Å². The molecular formula is C16H16S. The number of hydrogen-bond donors (Lipinski definition) is 0. The van der Waals surface area contributed by atoms with Crippen molar-refractivity contribution in [2.24, 2.45) is 0 Å². The summed E-state index contributed by atoms with van der Waals surface area (Å²) < 4.78 is 2.90. The molecule has 3 rings (SSSR count). The minimum absolute atomic E-state index is 1.36. The zero-order valence-electron chi connectivity index (χ0n) is 10.7. The van der Waals surface area contributed by atoms with Crippen LogP contribution in [-0.4, -0.2) is 0 Å². The van der Waals surface area contributed by atoms with E-state index in [1.54, 1.807) is 0 Å². The van der Waals surface area contributed by atoms with Crippen molar-refractivity contribution in [2.45, 2.75) is 27.7 Å². The fourth-order valence-electron chi connectivity index (χ4n) is 2.63. The summed E-state index contributed by atoms with van der Waals surface area (Å²) in [5.41, 5.74) is 5.54. The molecule has 0 bridgehead atoms. The van der Waals surface area contributed by atoms with Gasteiger partial charge < -0.3 is 0 Å². The fourth-order valence-corrected chi connectivity index (χ4v) is 3.93. The Bertz CT molecular complexity index is 732. The number of aryl methyl sites for hydroxylation is 4. The van der Waals surface area contributed by atoms with Crippen molar-refractivity contribution in [3.63, 3.8) is 0 Å². The van der Waals surface area contributed by atoms with Gasteiger partial charge in [-0.1, -0.05) is 23.8 Å². The molecule has 1 heterocycles. The van der Waals surface area contributed by atoms with Gasteiger partial charge in [-0.05, 0) is 50.5 Å². The minimum atomic E-state index is 1.36. The van der Waals surface area contributed by atoms with Gasteiger partial charge in [-0.15, -0.1) is 11.3 Å². The topological polar surface area (TPSA) is 0 Å². The second kappa shape index (κ2) is 3.58. The van der Waals surface area contributed by atoms with Crippen LogP contribution in [0.15, 0.2) is 24.3 Å². The first-order chi connectivity index (χ1) is 8.08. The second-order valence-electron chi connectivity index (χ2n) is 4.96. The molecule has 1 aromatic heterocycles. The molecule has 2 aromatic carbocycles. The summed E-state index contributed by atoms with van der Waals surface area (Å²) in [7, 11) is 0. The van der Waals surface area contributed by atoms with Crippen LogP contribution in [0.3, 0.4) is 0 Å². The predicted molar refractivity (Wildman–Crippen MR) is 78.3 cm³/mol. The third kappa shape index (κ3) is 1.49. The lowest BCUT2D eigenvalue weighted by Crippen LogP contribution is -1.80. The first-order valence-corrected chi connectivity index (χ1v) is 6.79. The number of rotatable bonds is 0. The quantitative estimate of drug-likeness (QED) is 0.501. The molecule has 0 amide bonds. The highest BCUT2D eigenvalue weighted by molar-refractivity contribution is 7.26. The molecular weight excluding hydrogens is 224 g/mol. The molecule has 0 saturated heterocycles. The van der Waals surface area contributed by atoms with Crippen LogP contribution in [0, 0.1) is 27.7 Å². The number of hydrogen-bond acceptors (Lipinski definition) is 1. The van der Waals surface area contributed by atoms with Gasteiger partial charge in [0.15, 0.2) is 0 Å².